The van der Waals surface area contributed by atoms with Crippen molar-refractivity contribution in [3.05, 3.63) is 11.6 Å². The third kappa shape index (κ3) is 1.10. The highest BCUT2D eigenvalue weighted by molar-refractivity contribution is 4.95. The van der Waals surface area contributed by atoms with Crippen LogP contribution in [0.3, 0.4) is 0 Å². The molecule has 4 heteroatoms. The van der Waals surface area contributed by atoms with Crippen molar-refractivity contribution >= 4 is 0 Å². The summed E-state index contributed by atoms with van der Waals surface area (Å²) in [5.74, 6) is 7.38. The zero-order valence-electron chi connectivity index (χ0n) is 6.50. The fraction of sp³-hybridized carbons (Fsp3) is 0.667. The average molecular weight is 140 g/mol. The van der Waals surface area contributed by atoms with E-state index in [2.05, 4.69) is 10.1 Å². The van der Waals surface area contributed by atoms with Crippen molar-refractivity contribution in [3.63, 3.8) is 0 Å². The molecule has 1 aromatic heterocycles. The van der Waals surface area contributed by atoms with Crippen molar-refractivity contribution in [2.24, 2.45) is 0 Å². The Morgan fingerprint density at radius 2 is 2.10 bits per heavy atom. The Hall–Kier alpha value is -1.06. The van der Waals surface area contributed by atoms with E-state index >= 15 is 0 Å². The van der Waals surface area contributed by atoms with E-state index in [-0.39, 0.29) is 0 Å². The molecule has 0 radical (unpaired) electrons. The van der Waals surface area contributed by atoms with E-state index in [1.807, 2.05) is 20.8 Å². The zero-order chi connectivity index (χ0) is 7.72. The fourth-order valence-corrected chi connectivity index (χ4v) is 0.840. The van der Waals surface area contributed by atoms with Gasteiger partial charge in [-0.15, -0.1) is 5.10 Å². The number of rotatable bonds is 1. The molecule has 56 valence electrons. The van der Waals surface area contributed by atoms with Crippen LogP contribution in [-0.2, 0) is 0 Å². The molecule has 0 aromatic carbocycles. The van der Waals surface area contributed by atoms with Crippen LogP contribution in [0.2, 0.25) is 0 Å². The van der Waals surface area contributed by atoms with Crippen molar-refractivity contribution in [3.8, 4) is 0 Å². The van der Waals surface area contributed by atoms with Crippen LogP contribution in [-0.4, -0.2) is 14.9 Å². The van der Waals surface area contributed by atoms with E-state index in [0.29, 0.717) is 5.92 Å². The highest BCUT2D eigenvalue weighted by atomic mass is 15.5. The maximum Gasteiger partial charge on any atom is 0.152 e. The molecule has 0 saturated heterocycles. The molecule has 1 aromatic rings. The summed E-state index contributed by atoms with van der Waals surface area (Å²) in [7, 11) is 0. The summed E-state index contributed by atoms with van der Waals surface area (Å²) in [5, 5.41) is 3.92. The smallest absolute Gasteiger partial charge is 0.152 e. The number of hydrogen-bond acceptors (Lipinski definition) is 3. The predicted octanol–water partition coefficient (Wildman–Crippen LogP) is 0.424. The minimum Gasteiger partial charge on any atom is -0.321 e. The van der Waals surface area contributed by atoms with Gasteiger partial charge in [0.25, 0.3) is 0 Å². The van der Waals surface area contributed by atoms with Gasteiger partial charge in [-0.3, -0.25) is 0 Å². The standard InChI is InChI=1S/C6H12N4/c1-4(2)6-8-5(3)9-10(6)7/h4H,7H2,1-3H3. The molecule has 0 bridgehead atoms. The number of nitrogens with two attached hydrogens (primary N) is 1. The molecule has 0 spiro atoms. The SMILES string of the molecule is Cc1nc(C(C)C)n(N)n1. The van der Waals surface area contributed by atoms with Crippen LogP contribution in [0, 0.1) is 6.92 Å². The zero-order valence-corrected chi connectivity index (χ0v) is 6.50. The molecule has 10 heavy (non-hydrogen) atoms. The normalized spacial score (nSPS) is 10.8. The lowest BCUT2D eigenvalue weighted by Crippen LogP contribution is -2.15. The minimum absolute atomic E-state index is 0.339. The Morgan fingerprint density at radius 3 is 2.30 bits per heavy atom. The average Bonchev–Trinajstić information content (AvgIpc) is 2.10. The molecular formula is C6H12N4. The molecule has 0 saturated carbocycles. The van der Waals surface area contributed by atoms with Gasteiger partial charge in [0.1, 0.15) is 5.82 Å². The first-order valence-corrected chi connectivity index (χ1v) is 3.30. The van der Waals surface area contributed by atoms with E-state index in [0.717, 1.165) is 11.6 Å². The lowest BCUT2D eigenvalue weighted by molar-refractivity contribution is 0.689. The first kappa shape index (κ1) is 7.05. The molecule has 1 heterocycles. The largest absolute Gasteiger partial charge is 0.321 e. The van der Waals surface area contributed by atoms with Crippen LogP contribution in [0.1, 0.15) is 31.4 Å². The Kier molecular flexibility index (Phi) is 1.61. The summed E-state index contributed by atoms with van der Waals surface area (Å²) in [6, 6.07) is 0. The summed E-state index contributed by atoms with van der Waals surface area (Å²) in [4.78, 5) is 5.47. The topological polar surface area (TPSA) is 56.7 Å². The second-order valence-electron chi connectivity index (χ2n) is 2.62. The fourth-order valence-electron chi connectivity index (χ4n) is 0.840. The highest BCUT2D eigenvalue weighted by Crippen LogP contribution is 2.08. The molecule has 0 amide bonds. The van der Waals surface area contributed by atoms with E-state index in [1.165, 1.54) is 4.79 Å². The number of hydrogen-bond donors (Lipinski definition) is 1. The summed E-state index contributed by atoms with van der Waals surface area (Å²) < 4.78 is 0. The lowest BCUT2D eigenvalue weighted by atomic mass is 10.2. The Balaban J connectivity index is 3.03. The van der Waals surface area contributed by atoms with Crippen LogP contribution in [0.5, 0.6) is 0 Å². The molecule has 0 atom stereocenters. The van der Waals surface area contributed by atoms with Gasteiger partial charge in [0, 0.05) is 5.92 Å². The molecule has 0 aliphatic carbocycles. The summed E-state index contributed by atoms with van der Waals surface area (Å²) in [5.41, 5.74) is 0. The Labute approximate surface area is 60.0 Å². The van der Waals surface area contributed by atoms with Gasteiger partial charge in [-0.05, 0) is 6.92 Å². The van der Waals surface area contributed by atoms with Crippen molar-refractivity contribution in [2.75, 3.05) is 5.84 Å². The lowest BCUT2D eigenvalue weighted by Gasteiger charge is -2.00. The first-order valence-electron chi connectivity index (χ1n) is 3.30. The van der Waals surface area contributed by atoms with Gasteiger partial charge in [0.15, 0.2) is 5.82 Å². The van der Waals surface area contributed by atoms with Gasteiger partial charge in [-0.1, -0.05) is 13.8 Å². The van der Waals surface area contributed by atoms with Crippen molar-refractivity contribution in [1.82, 2.24) is 14.9 Å². The predicted molar refractivity (Wildman–Crippen MR) is 39.0 cm³/mol. The van der Waals surface area contributed by atoms with Gasteiger partial charge in [0.05, 0.1) is 0 Å². The molecule has 0 unspecified atom stereocenters. The van der Waals surface area contributed by atoms with Crippen LogP contribution in [0.25, 0.3) is 0 Å². The molecule has 0 aliphatic heterocycles. The van der Waals surface area contributed by atoms with Crippen molar-refractivity contribution in [1.29, 1.82) is 0 Å². The molecule has 1 rings (SSSR count). The van der Waals surface area contributed by atoms with E-state index in [1.54, 1.807) is 0 Å². The summed E-state index contributed by atoms with van der Waals surface area (Å²) in [6.45, 7) is 5.90. The minimum atomic E-state index is 0.339. The summed E-state index contributed by atoms with van der Waals surface area (Å²) >= 11 is 0. The third-order valence-electron chi connectivity index (χ3n) is 1.28. The summed E-state index contributed by atoms with van der Waals surface area (Å²) in [6.07, 6.45) is 0. The van der Waals surface area contributed by atoms with Crippen LogP contribution in [0.15, 0.2) is 0 Å². The maximum absolute atomic E-state index is 5.49. The van der Waals surface area contributed by atoms with Gasteiger partial charge >= 0.3 is 0 Å². The highest BCUT2D eigenvalue weighted by Gasteiger charge is 2.07. The quantitative estimate of drug-likeness (QED) is 0.575. The molecule has 2 N–H and O–H groups in total. The van der Waals surface area contributed by atoms with Gasteiger partial charge in [0.2, 0.25) is 0 Å². The van der Waals surface area contributed by atoms with Crippen molar-refractivity contribution in [2.45, 2.75) is 26.7 Å². The molecule has 4 nitrogen and oxygen atoms in total. The number of aryl methyl sites for hydroxylation is 1. The monoisotopic (exact) mass is 140 g/mol. The van der Waals surface area contributed by atoms with Crippen molar-refractivity contribution < 1.29 is 0 Å². The maximum atomic E-state index is 5.49. The first-order chi connectivity index (χ1) is 4.61. The van der Waals surface area contributed by atoms with E-state index in [9.17, 15) is 0 Å². The number of aromatic nitrogens is 3. The van der Waals surface area contributed by atoms with Crippen LogP contribution < -0.4 is 5.84 Å². The second kappa shape index (κ2) is 2.28. The Morgan fingerprint density at radius 1 is 1.50 bits per heavy atom. The molecule has 0 fully saturated rings. The van der Waals surface area contributed by atoms with Gasteiger partial charge in [-0.25, -0.2) is 4.98 Å². The van der Waals surface area contributed by atoms with Gasteiger partial charge in [-0.2, -0.15) is 4.79 Å². The van der Waals surface area contributed by atoms with Crippen LogP contribution >= 0.6 is 0 Å². The van der Waals surface area contributed by atoms with E-state index in [4.69, 9.17) is 5.84 Å². The number of nitrogen functional groups attached to an aromatic ring is 1. The molecular weight excluding hydrogens is 128 g/mol. The van der Waals surface area contributed by atoms with E-state index < -0.39 is 0 Å². The molecule has 0 aliphatic rings. The Bertz CT molecular complexity index is 226. The van der Waals surface area contributed by atoms with Crippen LogP contribution in [0.4, 0.5) is 0 Å². The number of nitrogens with zero attached hydrogens (tertiary/aromatic N) is 3. The second-order valence-corrected chi connectivity index (χ2v) is 2.62. The third-order valence-corrected chi connectivity index (χ3v) is 1.28. The van der Waals surface area contributed by atoms with Gasteiger partial charge < -0.3 is 5.84 Å².